The van der Waals surface area contributed by atoms with E-state index in [1.54, 1.807) is 18.2 Å². The predicted molar refractivity (Wildman–Crippen MR) is 75.2 cm³/mol. The van der Waals surface area contributed by atoms with Crippen molar-refractivity contribution in [3.63, 3.8) is 0 Å². The quantitative estimate of drug-likeness (QED) is 0.606. The summed E-state index contributed by atoms with van der Waals surface area (Å²) in [5, 5.41) is 1.15. The zero-order chi connectivity index (χ0) is 16.4. The van der Waals surface area contributed by atoms with Crippen molar-refractivity contribution < 1.29 is 28.4 Å². The van der Waals surface area contributed by atoms with Crippen LogP contribution in [0.3, 0.4) is 0 Å². The average molecular weight is 317 g/mol. The summed E-state index contributed by atoms with van der Waals surface area (Å²) in [6.07, 6.45) is 0.0490. The molecule has 0 N–H and O–H groups in total. The molecule has 118 valence electrons. The maximum absolute atomic E-state index is 11.6. The number of fused-ring (bicyclic) bond motifs is 1. The molecule has 1 aromatic heterocycles. The van der Waals surface area contributed by atoms with Gasteiger partial charge >= 0.3 is 11.6 Å². The number of ether oxygens (including phenoxy) is 1. The third kappa shape index (κ3) is 3.20. The van der Waals surface area contributed by atoms with E-state index in [9.17, 15) is 19.2 Å². The van der Waals surface area contributed by atoms with E-state index < -0.39 is 30.0 Å². The van der Waals surface area contributed by atoms with E-state index in [1.165, 1.54) is 12.1 Å². The number of hydrogen-bond acceptors (Lipinski definition) is 7. The van der Waals surface area contributed by atoms with Gasteiger partial charge in [-0.15, -0.1) is 5.06 Å². The van der Waals surface area contributed by atoms with E-state index in [0.29, 0.717) is 16.0 Å². The molecule has 0 bridgehead atoms. The Morgan fingerprint density at radius 3 is 2.52 bits per heavy atom. The molecule has 8 nitrogen and oxygen atoms in total. The Morgan fingerprint density at radius 1 is 1.09 bits per heavy atom. The van der Waals surface area contributed by atoms with Gasteiger partial charge in [0.05, 0.1) is 0 Å². The normalized spacial score (nSPS) is 14.3. The van der Waals surface area contributed by atoms with Gasteiger partial charge in [0.1, 0.15) is 11.3 Å². The number of hydrogen-bond donors (Lipinski definition) is 0. The fraction of sp³-hybridized carbons (Fsp3) is 0.200. The lowest BCUT2D eigenvalue weighted by Gasteiger charge is -2.13. The number of carbonyl (C=O) groups is 3. The van der Waals surface area contributed by atoms with Crippen LogP contribution in [0.25, 0.3) is 11.0 Å². The first-order valence-electron chi connectivity index (χ1n) is 6.76. The topological polar surface area (TPSA) is 103 Å². The maximum atomic E-state index is 11.6. The fourth-order valence-corrected chi connectivity index (χ4v) is 2.06. The number of benzene rings is 1. The highest BCUT2D eigenvalue weighted by Gasteiger charge is 2.32. The molecule has 2 heterocycles. The van der Waals surface area contributed by atoms with Crippen LogP contribution >= 0.6 is 0 Å². The van der Waals surface area contributed by atoms with Crippen molar-refractivity contribution in [2.24, 2.45) is 0 Å². The van der Waals surface area contributed by atoms with Crippen molar-refractivity contribution >= 4 is 28.8 Å². The van der Waals surface area contributed by atoms with Crippen LogP contribution in [0.4, 0.5) is 0 Å². The Morgan fingerprint density at radius 2 is 1.78 bits per heavy atom. The highest BCUT2D eigenvalue weighted by molar-refractivity contribution is 6.01. The second-order valence-electron chi connectivity index (χ2n) is 4.79. The maximum Gasteiger partial charge on any atom is 0.370 e. The first-order valence-corrected chi connectivity index (χ1v) is 6.76. The van der Waals surface area contributed by atoms with Crippen LogP contribution in [0.1, 0.15) is 12.8 Å². The van der Waals surface area contributed by atoms with Gasteiger partial charge in [-0.05, 0) is 18.2 Å². The molecule has 1 aliphatic heterocycles. The minimum Gasteiger partial charge on any atom is -0.482 e. The van der Waals surface area contributed by atoms with Crippen molar-refractivity contribution in [2.75, 3.05) is 6.61 Å². The number of nitrogens with zero attached hydrogens (tertiary/aromatic N) is 1. The van der Waals surface area contributed by atoms with Gasteiger partial charge in [0.2, 0.25) is 0 Å². The van der Waals surface area contributed by atoms with Crippen LogP contribution < -0.4 is 10.4 Å². The third-order valence-electron chi connectivity index (χ3n) is 3.15. The molecule has 23 heavy (non-hydrogen) atoms. The van der Waals surface area contributed by atoms with Crippen molar-refractivity contribution in [3.8, 4) is 5.75 Å². The second-order valence-corrected chi connectivity index (χ2v) is 4.79. The van der Waals surface area contributed by atoms with E-state index in [-0.39, 0.29) is 18.6 Å². The predicted octanol–water partition coefficient (Wildman–Crippen LogP) is 0.779. The van der Waals surface area contributed by atoms with Gasteiger partial charge in [0.25, 0.3) is 11.8 Å². The number of carbonyl (C=O) groups excluding carboxylic acids is 3. The average Bonchev–Trinajstić information content (AvgIpc) is 2.84. The van der Waals surface area contributed by atoms with Crippen molar-refractivity contribution in [1.29, 1.82) is 0 Å². The summed E-state index contributed by atoms with van der Waals surface area (Å²) in [4.78, 5) is 50.1. The fourth-order valence-electron chi connectivity index (χ4n) is 2.06. The zero-order valence-electron chi connectivity index (χ0n) is 11.8. The van der Waals surface area contributed by atoms with Gasteiger partial charge in [-0.2, -0.15) is 0 Å². The van der Waals surface area contributed by atoms with Crippen LogP contribution in [-0.4, -0.2) is 29.5 Å². The van der Waals surface area contributed by atoms with Crippen molar-refractivity contribution in [1.82, 2.24) is 5.06 Å². The number of hydroxylamine groups is 2. The molecule has 3 rings (SSSR count). The van der Waals surface area contributed by atoms with E-state index >= 15 is 0 Å². The van der Waals surface area contributed by atoms with Gasteiger partial charge in [0.15, 0.2) is 6.61 Å². The minimum absolute atomic E-state index is 0.0245. The Balaban J connectivity index is 1.63. The van der Waals surface area contributed by atoms with E-state index in [1.807, 2.05) is 0 Å². The van der Waals surface area contributed by atoms with Crippen molar-refractivity contribution in [3.05, 3.63) is 40.8 Å². The molecule has 0 unspecified atom stereocenters. The first kappa shape index (κ1) is 14.8. The third-order valence-corrected chi connectivity index (χ3v) is 3.15. The van der Waals surface area contributed by atoms with Crippen molar-refractivity contribution in [2.45, 2.75) is 12.8 Å². The molecule has 1 saturated heterocycles. The number of rotatable bonds is 4. The summed E-state index contributed by atoms with van der Waals surface area (Å²) in [5.41, 5.74) is -0.187. The smallest absolute Gasteiger partial charge is 0.370 e. The van der Waals surface area contributed by atoms with Gasteiger partial charge < -0.3 is 14.0 Å². The molecular formula is C15H11NO7. The van der Waals surface area contributed by atoms with E-state index in [4.69, 9.17) is 9.15 Å². The largest absolute Gasteiger partial charge is 0.482 e. The summed E-state index contributed by atoms with van der Waals surface area (Å²) in [6.45, 7) is -0.500. The molecule has 0 spiro atoms. The van der Waals surface area contributed by atoms with Gasteiger partial charge in [-0.3, -0.25) is 9.59 Å². The summed E-state index contributed by atoms with van der Waals surface area (Å²) in [7, 11) is 0. The summed E-state index contributed by atoms with van der Waals surface area (Å²) in [5.74, 6) is -1.72. The molecule has 2 amide bonds. The molecule has 1 aromatic carbocycles. The lowest BCUT2D eigenvalue weighted by Crippen LogP contribution is -2.33. The molecule has 1 fully saturated rings. The van der Waals surface area contributed by atoms with Crippen LogP contribution in [0.15, 0.2) is 39.5 Å². The minimum atomic E-state index is -0.886. The van der Waals surface area contributed by atoms with Gasteiger partial charge in [-0.25, -0.2) is 9.59 Å². The van der Waals surface area contributed by atoms with Gasteiger partial charge in [-0.1, -0.05) is 0 Å². The van der Waals surface area contributed by atoms with Gasteiger partial charge in [0, 0.05) is 30.4 Å². The molecule has 0 saturated carbocycles. The number of amides is 2. The second kappa shape index (κ2) is 5.91. The lowest BCUT2D eigenvalue weighted by atomic mass is 10.2. The zero-order valence-corrected chi connectivity index (χ0v) is 11.8. The van der Waals surface area contributed by atoms with Crippen LogP contribution in [0.5, 0.6) is 5.75 Å². The van der Waals surface area contributed by atoms with E-state index in [0.717, 1.165) is 0 Å². The highest BCUT2D eigenvalue weighted by Crippen LogP contribution is 2.19. The lowest BCUT2D eigenvalue weighted by molar-refractivity contribution is -0.198. The monoisotopic (exact) mass is 317 g/mol. The molecular weight excluding hydrogens is 306 g/mol. The molecule has 1 aliphatic rings. The summed E-state index contributed by atoms with van der Waals surface area (Å²) in [6, 6.07) is 7.60. The highest BCUT2D eigenvalue weighted by atomic mass is 16.7. The van der Waals surface area contributed by atoms with Crippen LogP contribution in [0, 0.1) is 0 Å². The Labute approximate surface area is 129 Å². The molecule has 0 aliphatic carbocycles. The molecule has 8 heteroatoms. The molecule has 0 radical (unpaired) electrons. The molecule has 2 aromatic rings. The van der Waals surface area contributed by atoms with Crippen LogP contribution in [-0.2, 0) is 19.2 Å². The number of imide groups is 1. The molecule has 0 atom stereocenters. The standard InChI is InChI=1S/C15H11NO7/c17-12-4-5-13(18)16(12)23-15(20)8-21-10-3-1-9-2-6-14(19)22-11(9)7-10/h1-3,6-7H,4-5,8H2. The Hall–Kier alpha value is -3.16. The Bertz CT molecular complexity index is 838. The van der Waals surface area contributed by atoms with E-state index in [2.05, 4.69) is 4.84 Å². The summed E-state index contributed by atoms with van der Waals surface area (Å²) >= 11 is 0. The first-order chi connectivity index (χ1) is 11.0. The Kier molecular flexibility index (Phi) is 3.80. The SMILES string of the molecule is O=C(COc1ccc2ccc(=O)oc2c1)ON1C(=O)CCC1=O. The van der Waals surface area contributed by atoms with Crippen LogP contribution in [0.2, 0.25) is 0 Å². The summed E-state index contributed by atoms with van der Waals surface area (Å²) < 4.78 is 10.2.